The van der Waals surface area contributed by atoms with E-state index in [4.69, 9.17) is 4.74 Å². The topological polar surface area (TPSA) is 58.2 Å². The van der Waals surface area contributed by atoms with Gasteiger partial charge in [0.15, 0.2) is 6.10 Å². The number of rotatable bonds is 2. The molecule has 0 radical (unpaired) electrons. The summed E-state index contributed by atoms with van der Waals surface area (Å²) in [6, 6.07) is 24.1. The first kappa shape index (κ1) is 21.2. The van der Waals surface area contributed by atoms with Gasteiger partial charge in [0.05, 0.1) is 28.0 Å². The van der Waals surface area contributed by atoms with Crippen LogP contribution >= 0.6 is 0 Å². The van der Waals surface area contributed by atoms with Gasteiger partial charge in [-0.15, -0.1) is 0 Å². The van der Waals surface area contributed by atoms with Gasteiger partial charge < -0.3 is 9.30 Å². The predicted octanol–water partition coefficient (Wildman–Crippen LogP) is 4.79. The molecule has 5 aromatic rings. The van der Waals surface area contributed by atoms with Crippen molar-refractivity contribution in [3.8, 4) is 22.7 Å². The van der Waals surface area contributed by atoms with Crippen LogP contribution in [0, 0.1) is 13.8 Å². The molecule has 1 aliphatic rings. The third-order valence-corrected chi connectivity index (χ3v) is 6.88. The zero-order valence-electron chi connectivity index (χ0n) is 20.1. The summed E-state index contributed by atoms with van der Waals surface area (Å²) in [7, 11) is 3.25. The van der Waals surface area contributed by atoms with Crippen LogP contribution in [0.4, 0.5) is 0 Å². The first-order valence-corrected chi connectivity index (χ1v) is 11.6. The molecule has 0 spiro atoms. The zero-order valence-corrected chi connectivity index (χ0v) is 20.1. The fraction of sp³-hybridized carbons (Fsp3) is 0.172. The van der Waals surface area contributed by atoms with Gasteiger partial charge in [-0.3, -0.25) is 13.9 Å². The second kappa shape index (κ2) is 7.60. The van der Waals surface area contributed by atoms with Crippen molar-refractivity contribution < 1.29 is 4.74 Å². The molecule has 1 atom stereocenters. The molecule has 0 unspecified atom stereocenters. The molecule has 35 heavy (non-hydrogen) atoms. The second-order valence-corrected chi connectivity index (χ2v) is 9.24. The number of nitrogens with zero attached hydrogens (tertiary/aromatic N) is 3. The molecular formula is C29H25N3O3. The summed E-state index contributed by atoms with van der Waals surface area (Å²) in [6.45, 7) is 4.08. The molecule has 1 aliphatic heterocycles. The van der Waals surface area contributed by atoms with Crippen LogP contribution in [0.5, 0.6) is 5.75 Å². The van der Waals surface area contributed by atoms with Crippen LogP contribution in [-0.4, -0.2) is 13.7 Å². The molecule has 3 heterocycles. The molecule has 0 aliphatic carbocycles. The quantitative estimate of drug-likeness (QED) is 0.378. The van der Waals surface area contributed by atoms with E-state index in [1.807, 2.05) is 80.6 Å². The average molecular weight is 464 g/mol. The van der Waals surface area contributed by atoms with E-state index in [-0.39, 0.29) is 11.2 Å². The molecule has 0 fully saturated rings. The third kappa shape index (κ3) is 3.03. The van der Waals surface area contributed by atoms with Crippen molar-refractivity contribution in [1.82, 2.24) is 13.7 Å². The lowest BCUT2D eigenvalue weighted by Crippen LogP contribution is -2.37. The molecule has 6 nitrogen and oxygen atoms in total. The Balaban J connectivity index is 1.86. The summed E-state index contributed by atoms with van der Waals surface area (Å²) < 4.78 is 11.5. The molecular weight excluding hydrogens is 438 g/mol. The van der Waals surface area contributed by atoms with Crippen molar-refractivity contribution in [2.45, 2.75) is 20.0 Å². The van der Waals surface area contributed by atoms with Crippen LogP contribution in [0.1, 0.15) is 28.5 Å². The van der Waals surface area contributed by atoms with Crippen LogP contribution in [0.15, 0.2) is 82.4 Å². The Labute approximate surface area is 202 Å². The van der Waals surface area contributed by atoms with Gasteiger partial charge in [0.1, 0.15) is 5.75 Å². The minimum atomic E-state index is -0.496. The largest absolute Gasteiger partial charge is 0.477 e. The lowest BCUT2D eigenvalue weighted by molar-refractivity contribution is 0.229. The number of fused-ring (bicyclic) bond motifs is 5. The maximum atomic E-state index is 13.7. The molecule has 3 aromatic carbocycles. The van der Waals surface area contributed by atoms with Gasteiger partial charge in [-0.05, 0) is 37.1 Å². The maximum Gasteiger partial charge on any atom is 0.331 e. The Kier molecular flexibility index (Phi) is 4.61. The van der Waals surface area contributed by atoms with E-state index >= 15 is 0 Å². The summed E-state index contributed by atoms with van der Waals surface area (Å²) in [4.78, 5) is 26.8. The third-order valence-electron chi connectivity index (χ3n) is 6.88. The first-order chi connectivity index (χ1) is 16.9. The Morgan fingerprint density at radius 2 is 1.54 bits per heavy atom. The number of ether oxygens (including phenoxy) is 1. The minimum absolute atomic E-state index is 0.318. The zero-order chi connectivity index (χ0) is 24.4. The smallest absolute Gasteiger partial charge is 0.331 e. The predicted molar refractivity (Wildman–Crippen MR) is 138 cm³/mol. The number of benzene rings is 3. The normalized spacial score (nSPS) is 14.5. The fourth-order valence-corrected chi connectivity index (χ4v) is 5.16. The van der Waals surface area contributed by atoms with Gasteiger partial charge in [-0.25, -0.2) is 4.79 Å². The van der Waals surface area contributed by atoms with Crippen molar-refractivity contribution in [1.29, 1.82) is 0 Å². The Morgan fingerprint density at radius 3 is 2.29 bits per heavy atom. The van der Waals surface area contributed by atoms with Gasteiger partial charge in [0.2, 0.25) is 0 Å². The molecule has 6 rings (SSSR count). The monoisotopic (exact) mass is 463 g/mol. The van der Waals surface area contributed by atoms with E-state index in [0.29, 0.717) is 10.9 Å². The van der Waals surface area contributed by atoms with Crippen molar-refractivity contribution in [3.63, 3.8) is 0 Å². The van der Waals surface area contributed by atoms with Gasteiger partial charge in [-0.1, -0.05) is 71.8 Å². The van der Waals surface area contributed by atoms with E-state index in [1.165, 1.54) is 11.6 Å². The van der Waals surface area contributed by atoms with Gasteiger partial charge >= 0.3 is 5.69 Å². The number of para-hydroxylation sites is 2. The highest BCUT2D eigenvalue weighted by molar-refractivity contribution is 5.98. The number of hydrogen-bond acceptors (Lipinski definition) is 3. The van der Waals surface area contributed by atoms with Crippen molar-refractivity contribution in [2.24, 2.45) is 14.1 Å². The van der Waals surface area contributed by atoms with Crippen LogP contribution in [0.25, 0.3) is 27.8 Å². The Morgan fingerprint density at radius 1 is 0.800 bits per heavy atom. The molecule has 0 saturated carbocycles. The molecule has 174 valence electrons. The molecule has 0 bridgehead atoms. The van der Waals surface area contributed by atoms with Gasteiger partial charge in [0.25, 0.3) is 5.56 Å². The fourth-order valence-electron chi connectivity index (χ4n) is 5.16. The van der Waals surface area contributed by atoms with Gasteiger partial charge in [0, 0.05) is 14.1 Å². The number of aromatic nitrogens is 3. The van der Waals surface area contributed by atoms with E-state index < -0.39 is 6.10 Å². The Bertz CT molecular complexity index is 1750. The second-order valence-electron chi connectivity index (χ2n) is 9.24. The van der Waals surface area contributed by atoms with Crippen LogP contribution < -0.4 is 16.0 Å². The number of hydrogen-bond donors (Lipinski definition) is 0. The summed E-state index contributed by atoms with van der Waals surface area (Å²) in [5.74, 6) is 0.724. The molecule has 0 N–H and O–H groups in total. The molecule has 0 amide bonds. The standard InChI is InChI=1S/C29H25N3O3/c1-17-12-14-19(15-13-17)24-23-25(30(3)29(34)31(4)28(23)33)26-27(20-9-7-8-18(2)16-20)35-22-11-6-5-10-21(22)32(24)26/h5-16,27H,1-4H3/t27-/m1/s1. The highest BCUT2D eigenvalue weighted by Crippen LogP contribution is 2.46. The lowest BCUT2D eigenvalue weighted by atomic mass is 10.0. The highest BCUT2D eigenvalue weighted by atomic mass is 16.5. The number of aryl methyl sites for hydroxylation is 3. The average Bonchev–Trinajstić information content (AvgIpc) is 3.23. The molecule has 6 heteroatoms. The van der Waals surface area contributed by atoms with Crippen LogP contribution in [0.2, 0.25) is 0 Å². The van der Waals surface area contributed by atoms with E-state index in [0.717, 1.165) is 45.1 Å². The maximum absolute atomic E-state index is 13.7. The summed E-state index contributed by atoms with van der Waals surface area (Å²) in [5.41, 5.74) is 6.39. The van der Waals surface area contributed by atoms with E-state index in [1.54, 1.807) is 11.6 Å². The minimum Gasteiger partial charge on any atom is -0.477 e. The summed E-state index contributed by atoms with van der Waals surface area (Å²) >= 11 is 0. The first-order valence-electron chi connectivity index (χ1n) is 11.6. The Hall–Kier alpha value is -4.32. The van der Waals surface area contributed by atoms with Crippen molar-refractivity contribution in [2.75, 3.05) is 0 Å². The molecule has 2 aromatic heterocycles. The van der Waals surface area contributed by atoms with Crippen molar-refractivity contribution in [3.05, 3.63) is 116 Å². The summed E-state index contributed by atoms with van der Waals surface area (Å²) in [6.07, 6.45) is -0.496. The van der Waals surface area contributed by atoms with E-state index in [9.17, 15) is 9.59 Å². The van der Waals surface area contributed by atoms with E-state index in [2.05, 4.69) is 10.6 Å². The molecule has 0 saturated heterocycles. The highest BCUT2D eigenvalue weighted by Gasteiger charge is 2.36. The van der Waals surface area contributed by atoms with Gasteiger partial charge in [-0.2, -0.15) is 0 Å². The van der Waals surface area contributed by atoms with Crippen molar-refractivity contribution >= 4 is 10.9 Å². The SMILES string of the molecule is Cc1ccc(-c2c3c(=O)n(C)c(=O)n(C)c3c3n2-c2ccccc2O[C@@H]3c2cccc(C)c2)cc1. The van der Waals surface area contributed by atoms with Crippen LogP contribution in [-0.2, 0) is 14.1 Å². The summed E-state index contributed by atoms with van der Waals surface area (Å²) in [5, 5.41) is 0.506. The lowest BCUT2D eigenvalue weighted by Gasteiger charge is -2.30. The van der Waals surface area contributed by atoms with Crippen LogP contribution in [0.3, 0.4) is 0 Å².